The van der Waals surface area contributed by atoms with Gasteiger partial charge in [-0.2, -0.15) is 8.78 Å². The molecule has 112 valence electrons. The average Bonchev–Trinajstić information content (AvgIpc) is 2.79. The van der Waals surface area contributed by atoms with Gasteiger partial charge >= 0.3 is 12.3 Å². The molecule has 1 heterocycles. The zero-order valence-electron chi connectivity index (χ0n) is 10.3. The van der Waals surface area contributed by atoms with E-state index in [9.17, 15) is 17.6 Å². The molecular weight excluding hydrogens is 270 g/mol. The highest BCUT2D eigenvalue weighted by molar-refractivity contribution is 4.91. The smallest absolute Gasteiger partial charge is 0.330 e. The molecule has 19 heavy (non-hydrogen) atoms. The fourth-order valence-electron chi connectivity index (χ4n) is 2.36. The third-order valence-corrected chi connectivity index (χ3v) is 3.47. The number of hydrogen-bond acceptors (Lipinski definition) is 4. The van der Waals surface area contributed by atoms with Crippen molar-refractivity contribution in [3.05, 3.63) is 0 Å². The van der Waals surface area contributed by atoms with Crippen molar-refractivity contribution in [2.45, 2.75) is 49.5 Å². The van der Waals surface area contributed by atoms with Gasteiger partial charge in [0.05, 0.1) is 19.3 Å². The summed E-state index contributed by atoms with van der Waals surface area (Å²) in [5.74, 6) is -5.01. The topological polar surface area (TPSA) is 53.7 Å². The molecule has 2 rings (SSSR count). The molecule has 0 bridgehead atoms. The first-order chi connectivity index (χ1) is 8.85. The van der Waals surface area contributed by atoms with E-state index in [1.165, 1.54) is 0 Å². The van der Waals surface area contributed by atoms with E-state index >= 15 is 0 Å². The minimum Gasteiger partial charge on any atom is -0.370 e. The summed E-state index contributed by atoms with van der Waals surface area (Å²) in [5.41, 5.74) is 5.77. The van der Waals surface area contributed by atoms with Crippen molar-refractivity contribution in [1.29, 1.82) is 0 Å². The third kappa shape index (κ3) is 3.36. The normalized spacial score (nSPS) is 31.3. The molecule has 0 radical (unpaired) electrons. The van der Waals surface area contributed by atoms with Crippen LogP contribution in [-0.2, 0) is 14.2 Å². The molecule has 2 fully saturated rings. The lowest BCUT2D eigenvalue weighted by atomic mass is 9.88. The van der Waals surface area contributed by atoms with Gasteiger partial charge in [0.2, 0.25) is 0 Å². The molecule has 0 aromatic carbocycles. The van der Waals surface area contributed by atoms with E-state index in [1.54, 1.807) is 0 Å². The van der Waals surface area contributed by atoms with Crippen molar-refractivity contribution in [3.8, 4) is 0 Å². The van der Waals surface area contributed by atoms with Crippen LogP contribution in [0.15, 0.2) is 0 Å². The van der Waals surface area contributed by atoms with Crippen molar-refractivity contribution >= 4 is 0 Å². The lowest BCUT2D eigenvalue weighted by molar-refractivity contribution is -0.224. The molecule has 1 aliphatic heterocycles. The fraction of sp³-hybridized carbons (Fsp3) is 1.00. The molecule has 1 saturated heterocycles. The third-order valence-electron chi connectivity index (χ3n) is 3.47. The first-order valence-electron chi connectivity index (χ1n) is 6.16. The molecule has 1 aliphatic carbocycles. The van der Waals surface area contributed by atoms with Gasteiger partial charge in [-0.3, -0.25) is 0 Å². The summed E-state index contributed by atoms with van der Waals surface area (Å²) in [6.07, 6.45) is -3.30. The minimum absolute atomic E-state index is 0.188. The van der Waals surface area contributed by atoms with Crippen molar-refractivity contribution in [2.24, 2.45) is 5.73 Å². The van der Waals surface area contributed by atoms with Crippen LogP contribution in [-0.4, -0.2) is 50.1 Å². The number of alkyl halides is 4. The molecule has 0 aromatic rings. The average molecular weight is 287 g/mol. The SMILES string of the molecule is NC1CCC2(CC1OCC(F)(F)C(F)F)OCCO2. The lowest BCUT2D eigenvalue weighted by Crippen LogP contribution is -2.51. The highest BCUT2D eigenvalue weighted by Gasteiger charge is 2.47. The molecular formula is C11H17F4NO3. The monoisotopic (exact) mass is 287 g/mol. The molecule has 8 heteroatoms. The highest BCUT2D eigenvalue weighted by Crippen LogP contribution is 2.37. The van der Waals surface area contributed by atoms with Crippen LogP contribution < -0.4 is 5.73 Å². The second kappa shape index (κ2) is 5.51. The molecule has 4 nitrogen and oxygen atoms in total. The number of nitrogens with two attached hydrogens (primary N) is 1. The molecule has 1 spiro atoms. The summed E-state index contributed by atoms with van der Waals surface area (Å²) in [4.78, 5) is 0. The Kier molecular flexibility index (Phi) is 4.34. The molecule has 0 amide bonds. The van der Waals surface area contributed by atoms with Crippen LogP contribution in [0.5, 0.6) is 0 Å². The van der Waals surface area contributed by atoms with Gasteiger partial charge in [0.1, 0.15) is 6.61 Å². The van der Waals surface area contributed by atoms with E-state index in [0.29, 0.717) is 26.1 Å². The van der Waals surface area contributed by atoms with E-state index in [-0.39, 0.29) is 6.42 Å². The van der Waals surface area contributed by atoms with Crippen LogP contribution in [0.3, 0.4) is 0 Å². The van der Waals surface area contributed by atoms with Crippen molar-refractivity contribution in [1.82, 2.24) is 0 Å². The summed E-state index contributed by atoms with van der Waals surface area (Å²) in [7, 11) is 0. The van der Waals surface area contributed by atoms with Gasteiger partial charge < -0.3 is 19.9 Å². The van der Waals surface area contributed by atoms with Crippen LogP contribution in [0.1, 0.15) is 19.3 Å². The predicted molar refractivity (Wildman–Crippen MR) is 57.2 cm³/mol. The number of hydrogen-bond donors (Lipinski definition) is 1. The van der Waals surface area contributed by atoms with Gasteiger partial charge in [-0.05, 0) is 6.42 Å². The maximum absolute atomic E-state index is 12.8. The quantitative estimate of drug-likeness (QED) is 0.797. The van der Waals surface area contributed by atoms with E-state index in [2.05, 4.69) is 0 Å². The van der Waals surface area contributed by atoms with Crippen molar-refractivity contribution in [3.63, 3.8) is 0 Å². The number of ether oxygens (including phenoxy) is 3. The number of halogens is 4. The molecule has 2 N–H and O–H groups in total. The van der Waals surface area contributed by atoms with Crippen LogP contribution >= 0.6 is 0 Å². The van der Waals surface area contributed by atoms with Crippen molar-refractivity contribution < 1.29 is 31.8 Å². The Balaban J connectivity index is 1.91. The van der Waals surface area contributed by atoms with Crippen molar-refractivity contribution in [2.75, 3.05) is 19.8 Å². The van der Waals surface area contributed by atoms with E-state index in [0.717, 1.165) is 0 Å². The first kappa shape index (κ1) is 15.0. The van der Waals surface area contributed by atoms with Gasteiger partial charge in [0.15, 0.2) is 5.79 Å². The lowest BCUT2D eigenvalue weighted by Gasteiger charge is -2.39. The maximum atomic E-state index is 12.8. The van der Waals surface area contributed by atoms with Gasteiger partial charge in [0.25, 0.3) is 0 Å². The molecule has 2 aliphatic rings. The van der Waals surface area contributed by atoms with Gasteiger partial charge in [-0.25, -0.2) is 8.78 Å². The summed E-state index contributed by atoms with van der Waals surface area (Å²) in [5, 5.41) is 0. The maximum Gasteiger partial charge on any atom is 0.330 e. The van der Waals surface area contributed by atoms with Crippen LogP contribution in [0.4, 0.5) is 17.6 Å². The molecule has 0 aromatic heterocycles. The molecule has 2 unspecified atom stereocenters. The summed E-state index contributed by atoms with van der Waals surface area (Å²) in [6, 6.07) is -0.480. The Bertz CT molecular complexity index is 310. The van der Waals surface area contributed by atoms with Gasteiger partial charge in [-0.1, -0.05) is 0 Å². The Hall–Kier alpha value is -0.440. The minimum atomic E-state index is -4.16. The summed E-state index contributed by atoms with van der Waals surface area (Å²) < 4.78 is 65.5. The molecule has 1 saturated carbocycles. The van der Waals surface area contributed by atoms with Crippen LogP contribution in [0, 0.1) is 0 Å². The highest BCUT2D eigenvalue weighted by atomic mass is 19.3. The first-order valence-corrected chi connectivity index (χ1v) is 6.16. The number of rotatable bonds is 4. The summed E-state index contributed by atoms with van der Waals surface area (Å²) in [6.45, 7) is -0.497. The molecule has 2 atom stereocenters. The van der Waals surface area contributed by atoms with Gasteiger partial charge in [-0.15, -0.1) is 0 Å². The zero-order chi connectivity index (χ0) is 14.1. The van der Waals surface area contributed by atoms with Gasteiger partial charge in [0, 0.05) is 18.9 Å². The van der Waals surface area contributed by atoms with E-state index in [4.69, 9.17) is 19.9 Å². The van der Waals surface area contributed by atoms with Crippen LogP contribution in [0.25, 0.3) is 0 Å². The zero-order valence-corrected chi connectivity index (χ0v) is 10.3. The Morgan fingerprint density at radius 3 is 2.53 bits per heavy atom. The second-order valence-corrected chi connectivity index (χ2v) is 4.93. The predicted octanol–water partition coefficient (Wildman–Crippen LogP) is 1.53. The second-order valence-electron chi connectivity index (χ2n) is 4.93. The van der Waals surface area contributed by atoms with Crippen LogP contribution in [0.2, 0.25) is 0 Å². The fourth-order valence-corrected chi connectivity index (χ4v) is 2.36. The Morgan fingerprint density at radius 2 is 1.95 bits per heavy atom. The Labute approximate surface area is 108 Å². The Morgan fingerprint density at radius 1 is 1.32 bits per heavy atom. The summed E-state index contributed by atoms with van der Waals surface area (Å²) >= 11 is 0. The standard InChI is InChI=1S/C11H17F4NO3/c12-9(13)11(14,15)6-17-8-5-10(2-1-7(8)16)18-3-4-19-10/h7-9H,1-6,16H2. The largest absolute Gasteiger partial charge is 0.370 e. The van der Waals surface area contributed by atoms with E-state index in [1.807, 2.05) is 0 Å². The van der Waals surface area contributed by atoms with E-state index < -0.39 is 36.9 Å².